The van der Waals surface area contributed by atoms with Crippen LogP contribution in [-0.2, 0) is 13.0 Å². The van der Waals surface area contributed by atoms with Crippen LogP contribution >= 0.6 is 0 Å². The zero-order valence-corrected chi connectivity index (χ0v) is 7.58. The average molecular weight is 176 g/mol. The van der Waals surface area contributed by atoms with E-state index in [1.807, 2.05) is 18.2 Å². The van der Waals surface area contributed by atoms with Gasteiger partial charge in [-0.05, 0) is 24.1 Å². The first kappa shape index (κ1) is 8.26. The highest BCUT2D eigenvalue weighted by atomic mass is 16.5. The van der Waals surface area contributed by atoms with Gasteiger partial charge in [0.15, 0.2) is 5.58 Å². The summed E-state index contributed by atoms with van der Waals surface area (Å²) in [5.41, 5.74) is 8.51. The molecule has 0 aliphatic carbocycles. The Balaban J connectivity index is 2.64. The fourth-order valence-electron chi connectivity index (χ4n) is 1.42. The van der Waals surface area contributed by atoms with Gasteiger partial charge in [0.1, 0.15) is 0 Å². The first-order valence-corrected chi connectivity index (χ1v) is 4.42. The lowest BCUT2D eigenvalue weighted by atomic mass is 10.1. The fraction of sp³-hybridized carbons (Fsp3) is 0.300. The molecule has 68 valence electrons. The van der Waals surface area contributed by atoms with Crippen LogP contribution in [0.15, 0.2) is 22.7 Å². The van der Waals surface area contributed by atoms with Crippen LogP contribution in [0.25, 0.3) is 11.0 Å². The lowest BCUT2D eigenvalue weighted by Crippen LogP contribution is -1.95. The van der Waals surface area contributed by atoms with Gasteiger partial charge in [0.2, 0.25) is 0 Å². The van der Waals surface area contributed by atoms with Crippen molar-refractivity contribution in [1.29, 1.82) is 0 Å². The molecule has 0 aliphatic rings. The Hall–Kier alpha value is -1.35. The molecule has 0 amide bonds. The van der Waals surface area contributed by atoms with Gasteiger partial charge in [-0.3, -0.25) is 0 Å². The first-order valence-electron chi connectivity index (χ1n) is 4.42. The molecule has 3 heteroatoms. The number of fused-ring (bicyclic) bond motifs is 1. The van der Waals surface area contributed by atoms with Crippen LogP contribution in [0.2, 0.25) is 0 Å². The second-order valence-electron chi connectivity index (χ2n) is 3.02. The maximum atomic E-state index is 5.55. The third-order valence-corrected chi connectivity index (χ3v) is 2.18. The third-order valence-electron chi connectivity index (χ3n) is 2.18. The van der Waals surface area contributed by atoms with Crippen LogP contribution in [0.5, 0.6) is 0 Å². The standard InChI is InChI=1S/C10H12N2O/c1-2-9-8-5-7(6-11)3-4-10(8)13-12-9/h3-5H,2,6,11H2,1H3. The molecule has 2 N–H and O–H groups in total. The fourth-order valence-corrected chi connectivity index (χ4v) is 1.42. The van der Waals surface area contributed by atoms with Gasteiger partial charge in [-0.15, -0.1) is 0 Å². The summed E-state index contributed by atoms with van der Waals surface area (Å²) >= 11 is 0. The molecule has 0 spiro atoms. The molecule has 0 unspecified atom stereocenters. The Morgan fingerprint density at radius 3 is 3.00 bits per heavy atom. The van der Waals surface area contributed by atoms with Crippen molar-refractivity contribution in [2.24, 2.45) is 5.73 Å². The van der Waals surface area contributed by atoms with Gasteiger partial charge in [-0.1, -0.05) is 18.1 Å². The Kier molecular flexibility index (Phi) is 2.02. The topological polar surface area (TPSA) is 52.0 Å². The SMILES string of the molecule is CCc1noc2ccc(CN)cc12. The molecule has 0 atom stereocenters. The molecule has 0 aliphatic heterocycles. The number of benzene rings is 1. The number of nitrogens with two attached hydrogens (primary N) is 1. The molecule has 1 heterocycles. The van der Waals surface area contributed by atoms with E-state index in [4.69, 9.17) is 10.3 Å². The molecule has 3 nitrogen and oxygen atoms in total. The molecular weight excluding hydrogens is 164 g/mol. The number of hydrogen-bond donors (Lipinski definition) is 1. The van der Waals surface area contributed by atoms with Crippen molar-refractivity contribution >= 4 is 11.0 Å². The molecule has 0 saturated heterocycles. The quantitative estimate of drug-likeness (QED) is 0.759. The number of aryl methyl sites for hydroxylation is 1. The molecule has 2 rings (SSSR count). The van der Waals surface area contributed by atoms with Crippen molar-refractivity contribution in [3.8, 4) is 0 Å². The second-order valence-corrected chi connectivity index (χ2v) is 3.02. The van der Waals surface area contributed by atoms with Crippen molar-refractivity contribution in [3.05, 3.63) is 29.5 Å². The minimum Gasteiger partial charge on any atom is -0.356 e. The molecule has 2 aromatic rings. The zero-order chi connectivity index (χ0) is 9.26. The Morgan fingerprint density at radius 1 is 1.46 bits per heavy atom. The van der Waals surface area contributed by atoms with E-state index in [9.17, 15) is 0 Å². The molecule has 0 saturated carbocycles. The lowest BCUT2D eigenvalue weighted by molar-refractivity contribution is 0.447. The van der Waals surface area contributed by atoms with Gasteiger partial charge in [0.05, 0.1) is 5.69 Å². The predicted octanol–water partition coefficient (Wildman–Crippen LogP) is 1.85. The highest BCUT2D eigenvalue weighted by molar-refractivity contribution is 5.80. The molecule has 13 heavy (non-hydrogen) atoms. The van der Waals surface area contributed by atoms with Crippen LogP contribution in [0.3, 0.4) is 0 Å². The number of hydrogen-bond acceptors (Lipinski definition) is 3. The first-order chi connectivity index (χ1) is 6.35. The van der Waals surface area contributed by atoms with Gasteiger partial charge < -0.3 is 10.3 Å². The lowest BCUT2D eigenvalue weighted by Gasteiger charge is -1.95. The van der Waals surface area contributed by atoms with Crippen molar-refractivity contribution in [3.63, 3.8) is 0 Å². The van der Waals surface area contributed by atoms with Crippen molar-refractivity contribution in [2.75, 3.05) is 0 Å². The van der Waals surface area contributed by atoms with E-state index in [-0.39, 0.29) is 0 Å². The van der Waals surface area contributed by atoms with Crippen LogP contribution in [0, 0.1) is 0 Å². The summed E-state index contributed by atoms with van der Waals surface area (Å²) in [6.07, 6.45) is 0.890. The van der Waals surface area contributed by atoms with E-state index in [1.54, 1.807) is 0 Å². The van der Waals surface area contributed by atoms with Gasteiger partial charge in [-0.25, -0.2) is 0 Å². The smallest absolute Gasteiger partial charge is 0.167 e. The monoisotopic (exact) mass is 176 g/mol. The molecule has 0 bridgehead atoms. The van der Waals surface area contributed by atoms with Gasteiger partial charge in [0.25, 0.3) is 0 Å². The molecular formula is C10H12N2O. The van der Waals surface area contributed by atoms with E-state index in [2.05, 4.69) is 12.1 Å². The van der Waals surface area contributed by atoms with Crippen molar-refractivity contribution in [2.45, 2.75) is 19.9 Å². The highest BCUT2D eigenvalue weighted by Crippen LogP contribution is 2.19. The number of nitrogens with zero attached hydrogens (tertiary/aromatic N) is 1. The van der Waals surface area contributed by atoms with Gasteiger partial charge >= 0.3 is 0 Å². The zero-order valence-electron chi connectivity index (χ0n) is 7.58. The largest absolute Gasteiger partial charge is 0.356 e. The summed E-state index contributed by atoms with van der Waals surface area (Å²) in [5, 5.41) is 5.06. The molecule has 0 fully saturated rings. The van der Waals surface area contributed by atoms with Crippen LogP contribution < -0.4 is 5.73 Å². The van der Waals surface area contributed by atoms with Crippen molar-refractivity contribution in [1.82, 2.24) is 5.16 Å². The predicted molar refractivity (Wildman–Crippen MR) is 51.3 cm³/mol. The van der Waals surface area contributed by atoms with E-state index >= 15 is 0 Å². The second kappa shape index (κ2) is 3.18. The molecule has 0 radical (unpaired) electrons. The van der Waals surface area contributed by atoms with Crippen LogP contribution in [0.1, 0.15) is 18.2 Å². The number of aromatic nitrogens is 1. The average Bonchev–Trinajstić information content (AvgIpc) is 2.59. The van der Waals surface area contributed by atoms with E-state index in [1.165, 1.54) is 0 Å². The van der Waals surface area contributed by atoms with Crippen LogP contribution in [0.4, 0.5) is 0 Å². The Bertz CT molecular complexity index is 420. The minimum atomic E-state index is 0.560. The maximum absolute atomic E-state index is 5.55. The maximum Gasteiger partial charge on any atom is 0.167 e. The summed E-state index contributed by atoms with van der Waals surface area (Å²) in [4.78, 5) is 0. The van der Waals surface area contributed by atoms with E-state index in [0.717, 1.165) is 28.6 Å². The summed E-state index contributed by atoms with van der Waals surface area (Å²) < 4.78 is 5.15. The van der Waals surface area contributed by atoms with Gasteiger partial charge in [0, 0.05) is 11.9 Å². The Labute approximate surface area is 76.5 Å². The summed E-state index contributed by atoms with van der Waals surface area (Å²) in [5.74, 6) is 0. The highest BCUT2D eigenvalue weighted by Gasteiger charge is 2.05. The molecule has 1 aromatic carbocycles. The van der Waals surface area contributed by atoms with Crippen molar-refractivity contribution < 1.29 is 4.52 Å². The summed E-state index contributed by atoms with van der Waals surface area (Å²) in [7, 11) is 0. The van der Waals surface area contributed by atoms with E-state index in [0.29, 0.717) is 6.54 Å². The Morgan fingerprint density at radius 2 is 2.31 bits per heavy atom. The summed E-state index contributed by atoms with van der Waals surface area (Å²) in [6.45, 7) is 2.62. The molecule has 1 aromatic heterocycles. The van der Waals surface area contributed by atoms with Gasteiger partial charge in [-0.2, -0.15) is 0 Å². The normalized spacial score (nSPS) is 10.9. The minimum absolute atomic E-state index is 0.560. The summed E-state index contributed by atoms with van der Waals surface area (Å²) in [6, 6.07) is 5.93. The number of rotatable bonds is 2. The van der Waals surface area contributed by atoms with Crippen LogP contribution in [-0.4, -0.2) is 5.16 Å². The van der Waals surface area contributed by atoms with E-state index < -0.39 is 0 Å². The third kappa shape index (κ3) is 1.31.